The number of anilines is 2. The van der Waals surface area contributed by atoms with Crippen molar-refractivity contribution in [2.75, 3.05) is 23.3 Å². The number of hydrogen-bond acceptors (Lipinski definition) is 6. The number of para-hydroxylation sites is 1. The first-order valence-corrected chi connectivity index (χ1v) is 12.7. The van der Waals surface area contributed by atoms with Crippen LogP contribution >= 0.6 is 0 Å². The van der Waals surface area contributed by atoms with E-state index in [1.165, 1.54) is 0 Å². The van der Waals surface area contributed by atoms with E-state index in [-0.39, 0.29) is 28.7 Å². The Labute approximate surface area is 210 Å². The van der Waals surface area contributed by atoms with Gasteiger partial charge in [-0.25, -0.2) is 9.78 Å². The van der Waals surface area contributed by atoms with Crippen molar-refractivity contribution in [3.63, 3.8) is 0 Å². The van der Waals surface area contributed by atoms with Crippen LogP contribution in [0.1, 0.15) is 72.1 Å². The van der Waals surface area contributed by atoms with Crippen LogP contribution in [0.15, 0.2) is 41.3 Å². The number of carbonyl (C=O) groups is 1. The minimum atomic E-state index is -0.996. The number of aliphatic hydroxyl groups is 1. The summed E-state index contributed by atoms with van der Waals surface area (Å²) in [6, 6.07) is 8.54. The molecule has 2 aliphatic rings. The monoisotopic (exact) mass is 490 g/mol. The molecule has 1 unspecified atom stereocenters. The zero-order valence-corrected chi connectivity index (χ0v) is 21.1. The molecule has 1 aliphatic heterocycles. The number of aromatic nitrogens is 2. The number of pyridine rings is 1. The van der Waals surface area contributed by atoms with Crippen LogP contribution < -0.4 is 15.8 Å². The topological polar surface area (TPSA) is 107 Å². The molecule has 1 aromatic carbocycles. The normalized spacial score (nSPS) is 20.1. The van der Waals surface area contributed by atoms with Crippen LogP contribution in [0.2, 0.25) is 0 Å². The van der Waals surface area contributed by atoms with Gasteiger partial charge in [0.15, 0.2) is 0 Å². The Balaban J connectivity index is 1.51. The summed E-state index contributed by atoms with van der Waals surface area (Å²) in [5.74, 6) is -0.277. The minimum absolute atomic E-state index is 0.0883. The van der Waals surface area contributed by atoms with Crippen LogP contribution in [-0.4, -0.2) is 44.8 Å². The lowest BCUT2D eigenvalue weighted by molar-refractivity contribution is 0.0698. The molecule has 3 heterocycles. The van der Waals surface area contributed by atoms with Gasteiger partial charge in [0.25, 0.3) is 5.56 Å². The lowest BCUT2D eigenvalue weighted by Crippen LogP contribution is -2.41. The standard InChI is InChI=1S/C28H34N4O4/c1-17-14-22(19(3)29-23-7-5-4-6-21(23)27(35)36)25-30-24(18(2)26(34)32(25)16-17)31-12-10-28(11-13-31)9-8-20(33)15-28/h4-7,14,16,19-20,29,33H,8-13,15H2,1-3H3,(H,35,36)/t19-,20?/m1/s1. The molecule has 1 saturated heterocycles. The number of nitrogens with zero attached hydrogens (tertiary/aromatic N) is 3. The maximum absolute atomic E-state index is 13.5. The van der Waals surface area contributed by atoms with Crippen LogP contribution in [0, 0.1) is 19.3 Å². The Morgan fingerprint density at radius 3 is 2.58 bits per heavy atom. The Morgan fingerprint density at radius 1 is 1.19 bits per heavy atom. The van der Waals surface area contributed by atoms with Crippen molar-refractivity contribution in [2.24, 2.45) is 5.41 Å². The molecule has 2 aromatic heterocycles. The summed E-state index contributed by atoms with van der Waals surface area (Å²) >= 11 is 0. The molecule has 2 atom stereocenters. The lowest BCUT2D eigenvalue weighted by atomic mass is 9.77. The summed E-state index contributed by atoms with van der Waals surface area (Å²) in [5, 5.41) is 23.0. The number of carboxylic acids is 1. The fourth-order valence-corrected chi connectivity index (χ4v) is 6.04. The second-order valence-corrected chi connectivity index (χ2v) is 10.6. The van der Waals surface area contributed by atoms with Crippen molar-refractivity contribution in [1.29, 1.82) is 0 Å². The minimum Gasteiger partial charge on any atom is -0.478 e. The molecule has 0 radical (unpaired) electrons. The van der Waals surface area contributed by atoms with E-state index in [1.54, 1.807) is 28.7 Å². The summed E-state index contributed by atoms with van der Waals surface area (Å²) < 4.78 is 1.61. The van der Waals surface area contributed by atoms with Gasteiger partial charge in [-0.15, -0.1) is 0 Å². The Bertz CT molecular complexity index is 1370. The second kappa shape index (κ2) is 9.24. The summed E-state index contributed by atoms with van der Waals surface area (Å²) in [5.41, 5.74) is 3.81. The highest BCUT2D eigenvalue weighted by molar-refractivity contribution is 5.94. The molecule has 1 saturated carbocycles. The van der Waals surface area contributed by atoms with Gasteiger partial charge >= 0.3 is 5.97 Å². The van der Waals surface area contributed by atoms with Crippen LogP contribution in [-0.2, 0) is 0 Å². The summed E-state index contributed by atoms with van der Waals surface area (Å²) in [7, 11) is 0. The van der Waals surface area contributed by atoms with Crippen LogP contribution in [0.5, 0.6) is 0 Å². The number of aromatic carboxylic acids is 1. The van der Waals surface area contributed by atoms with Gasteiger partial charge in [-0.3, -0.25) is 9.20 Å². The van der Waals surface area contributed by atoms with E-state index in [1.807, 2.05) is 33.0 Å². The molecule has 2 fully saturated rings. The number of rotatable bonds is 5. The van der Waals surface area contributed by atoms with Crippen LogP contribution in [0.4, 0.5) is 11.5 Å². The van der Waals surface area contributed by atoms with Crippen molar-refractivity contribution in [2.45, 2.75) is 65.0 Å². The maximum atomic E-state index is 13.5. The third-order valence-corrected chi connectivity index (χ3v) is 8.09. The molecule has 8 heteroatoms. The summed E-state index contributed by atoms with van der Waals surface area (Å²) in [4.78, 5) is 32.4. The molecule has 3 N–H and O–H groups in total. The molecular weight excluding hydrogens is 456 g/mol. The van der Waals surface area contributed by atoms with E-state index in [2.05, 4.69) is 10.2 Å². The second-order valence-electron chi connectivity index (χ2n) is 10.6. The highest BCUT2D eigenvalue weighted by Gasteiger charge is 2.41. The van der Waals surface area contributed by atoms with Crippen molar-refractivity contribution < 1.29 is 15.0 Å². The van der Waals surface area contributed by atoms with Gasteiger partial charge in [-0.05, 0) is 82.1 Å². The predicted molar refractivity (Wildman–Crippen MR) is 140 cm³/mol. The van der Waals surface area contributed by atoms with Gasteiger partial charge in [0.05, 0.1) is 23.3 Å². The number of fused-ring (bicyclic) bond motifs is 1. The quantitative estimate of drug-likeness (QED) is 0.489. The first-order chi connectivity index (χ1) is 17.2. The lowest BCUT2D eigenvalue weighted by Gasteiger charge is -2.40. The van der Waals surface area contributed by atoms with E-state index in [9.17, 15) is 19.8 Å². The molecule has 1 spiro atoms. The number of aliphatic hydroxyl groups excluding tert-OH is 1. The molecule has 36 heavy (non-hydrogen) atoms. The summed E-state index contributed by atoms with van der Waals surface area (Å²) in [6.07, 6.45) is 6.44. The molecule has 190 valence electrons. The van der Waals surface area contributed by atoms with Gasteiger partial charge in [0, 0.05) is 30.5 Å². The molecule has 8 nitrogen and oxygen atoms in total. The van der Waals surface area contributed by atoms with Gasteiger partial charge in [0.1, 0.15) is 11.5 Å². The number of nitrogens with one attached hydrogen (secondary N) is 1. The Hall–Kier alpha value is -3.39. The number of carboxylic acid groups (broad SMARTS) is 1. The number of piperidine rings is 1. The third-order valence-electron chi connectivity index (χ3n) is 8.09. The molecule has 0 amide bonds. The number of aryl methyl sites for hydroxylation is 1. The molecular formula is C28H34N4O4. The first kappa shape index (κ1) is 24.3. The van der Waals surface area contributed by atoms with Crippen molar-refractivity contribution >= 4 is 23.1 Å². The average Bonchev–Trinajstić information content (AvgIpc) is 3.21. The highest BCUT2D eigenvalue weighted by atomic mass is 16.4. The third kappa shape index (κ3) is 4.34. The van der Waals surface area contributed by atoms with Crippen molar-refractivity contribution in [1.82, 2.24) is 9.38 Å². The van der Waals surface area contributed by atoms with Gasteiger partial charge in [-0.2, -0.15) is 0 Å². The fraction of sp³-hybridized carbons (Fsp3) is 0.464. The Morgan fingerprint density at radius 2 is 1.92 bits per heavy atom. The summed E-state index contributed by atoms with van der Waals surface area (Å²) in [6.45, 7) is 7.37. The number of benzene rings is 1. The average molecular weight is 491 g/mol. The van der Waals surface area contributed by atoms with E-state index in [4.69, 9.17) is 4.98 Å². The van der Waals surface area contributed by atoms with E-state index >= 15 is 0 Å². The zero-order valence-electron chi connectivity index (χ0n) is 21.1. The zero-order chi connectivity index (χ0) is 25.6. The molecule has 1 aliphatic carbocycles. The van der Waals surface area contributed by atoms with E-state index in [0.717, 1.165) is 62.1 Å². The van der Waals surface area contributed by atoms with Gasteiger partial charge in [0.2, 0.25) is 0 Å². The van der Waals surface area contributed by atoms with Crippen molar-refractivity contribution in [3.05, 3.63) is 69.1 Å². The van der Waals surface area contributed by atoms with E-state index < -0.39 is 5.97 Å². The first-order valence-electron chi connectivity index (χ1n) is 12.7. The van der Waals surface area contributed by atoms with Crippen LogP contribution in [0.25, 0.3) is 5.65 Å². The van der Waals surface area contributed by atoms with Crippen LogP contribution in [0.3, 0.4) is 0 Å². The molecule has 5 rings (SSSR count). The largest absolute Gasteiger partial charge is 0.478 e. The van der Waals surface area contributed by atoms with Gasteiger partial charge in [-0.1, -0.05) is 12.1 Å². The van der Waals surface area contributed by atoms with Gasteiger partial charge < -0.3 is 20.4 Å². The number of hydrogen-bond donors (Lipinski definition) is 3. The van der Waals surface area contributed by atoms with E-state index in [0.29, 0.717) is 16.9 Å². The van der Waals surface area contributed by atoms with Crippen molar-refractivity contribution in [3.8, 4) is 0 Å². The fourth-order valence-electron chi connectivity index (χ4n) is 6.04. The molecule has 0 bridgehead atoms. The SMILES string of the molecule is Cc1cc([C@@H](C)Nc2ccccc2C(=O)O)c2nc(N3CCC4(CCC(O)C4)CC3)c(C)c(=O)n2c1. The molecule has 3 aromatic rings. The maximum Gasteiger partial charge on any atom is 0.337 e. The predicted octanol–water partition coefficient (Wildman–Crippen LogP) is 4.31. The highest BCUT2D eigenvalue weighted by Crippen LogP contribution is 2.46. The smallest absolute Gasteiger partial charge is 0.337 e. The Kier molecular flexibility index (Phi) is 6.24.